The van der Waals surface area contributed by atoms with Crippen LogP contribution in [-0.2, 0) is 57.0 Å². The first-order valence-corrected chi connectivity index (χ1v) is 34.4. The van der Waals surface area contributed by atoms with Crippen LogP contribution in [0.25, 0.3) is 0 Å². The fourth-order valence-electron chi connectivity index (χ4n) is 15.1. The smallest absolute Gasteiger partial charge is 0.502 e. The summed E-state index contributed by atoms with van der Waals surface area (Å²) < 4.78 is 119. The molecule has 6 aromatic rings. The summed E-state index contributed by atoms with van der Waals surface area (Å²) in [7, 11) is 5.57. The highest BCUT2D eigenvalue weighted by molar-refractivity contribution is 6.61. The molecule has 16 rings (SSSR count). The lowest BCUT2D eigenvalue weighted by atomic mass is 9.66. The fourth-order valence-corrected chi connectivity index (χ4v) is 15.2. The van der Waals surface area contributed by atoms with Gasteiger partial charge in [-0.1, -0.05) is 0 Å². The molecule has 2 aliphatic carbocycles. The molecule has 36 nitrogen and oxygen atoms in total. The maximum atomic E-state index is 13.7. The van der Waals surface area contributed by atoms with Gasteiger partial charge in [0, 0.05) is 59.5 Å². The van der Waals surface area contributed by atoms with Crippen molar-refractivity contribution >= 4 is 46.5 Å². The number of hydrogen-bond acceptors (Lipinski definition) is 34. The van der Waals surface area contributed by atoms with Crippen LogP contribution in [0.5, 0.6) is 69.0 Å². The van der Waals surface area contributed by atoms with Crippen molar-refractivity contribution in [2.45, 2.75) is 112 Å². The number of aliphatic hydroxyl groups is 4. The van der Waals surface area contributed by atoms with Crippen LogP contribution in [0.1, 0.15) is 71.3 Å². The van der Waals surface area contributed by atoms with Crippen molar-refractivity contribution in [1.82, 2.24) is 0 Å². The molecule has 37 heteroatoms. The number of halogens is 1. The standard InChI is InChI=1S/C36H35NO17.C29H32O13.C7H4ClNO4/c1-15-46-13-26-33(50-15)29(38)30(39)35(52-26)53-31-20-11-23-22(48-14-49-23)10-19(20)27(28-21(31)12-47-34(28)40)16-8-24(44-2)32(25(9-16)45-3)54-36(41)51-18-6-4-17(5-7-18)37(42)43;1-11-36-9-20-27(40-11)24(31)25(32)29(41-20)42-26-14-7-17-16(38-10-39-17)6-13(14)21(22-15(26)8-37-28(22)33)12-4-18(34-2)23(30)19(5-12)35-3;8-7(10)13-6-3-1-5(2-4-6)9(11)12/h4-11,15,21,26-31,33,35,38-39H,12-14H2,1-3H3;4-7,11,15,20-22,24-27,29-32H,8-10H2,1-3H3;1-4H/t15?,21-,26?,27+,28-,29?,30?,31+,33?,35?;11?,15-,20?,21+,22-,24?,25?,26+,27?,29?;/m00./s1. The van der Waals surface area contributed by atoms with Gasteiger partial charge in [-0.2, -0.15) is 0 Å². The second-order valence-electron chi connectivity index (χ2n) is 26.3. The Morgan fingerprint density at radius 2 is 0.862 bits per heavy atom. The number of phenolic OH excluding ortho intramolecular Hbond substituents is 1. The molecule has 580 valence electrons. The van der Waals surface area contributed by atoms with Crippen LogP contribution >= 0.6 is 11.6 Å². The van der Waals surface area contributed by atoms with Crippen molar-refractivity contribution in [1.29, 1.82) is 0 Å². The molecule has 6 saturated heterocycles. The van der Waals surface area contributed by atoms with Crippen LogP contribution in [0.4, 0.5) is 21.0 Å². The van der Waals surface area contributed by atoms with Crippen molar-refractivity contribution in [3.05, 3.63) is 151 Å². The van der Waals surface area contributed by atoms with Gasteiger partial charge in [-0.05, 0) is 120 Å². The van der Waals surface area contributed by atoms with Gasteiger partial charge >= 0.3 is 23.5 Å². The Labute approximate surface area is 621 Å². The number of rotatable bonds is 15. The van der Waals surface area contributed by atoms with Crippen molar-refractivity contribution in [2.75, 3.05) is 68.5 Å². The van der Waals surface area contributed by atoms with Gasteiger partial charge in [0.25, 0.3) is 11.4 Å². The Bertz CT molecular complexity index is 4400. The van der Waals surface area contributed by atoms with Crippen LogP contribution in [-0.4, -0.2) is 201 Å². The number of cyclic esters (lactones) is 2. The van der Waals surface area contributed by atoms with E-state index in [1.165, 1.54) is 77.0 Å². The lowest BCUT2D eigenvalue weighted by molar-refractivity contribution is -0.385. The van der Waals surface area contributed by atoms with Crippen molar-refractivity contribution < 1.29 is 154 Å². The molecule has 5 N–H and O–H groups in total. The number of methoxy groups -OCH3 is 4. The number of non-ortho nitro benzene ring substituents is 2. The molecule has 10 aliphatic rings. The molecule has 0 radical (unpaired) electrons. The summed E-state index contributed by atoms with van der Waals surface area (Å²) in [6.07, 6.45) is -15.2. The zero-order valence-corrected chi connectivity index (χ0v) is 59.1. The molecule has 0 aromatic heterocycles. The second-order valence-corrected chi connectivity index (χ2v) is 26.6. The first-order valence-electron chi connectivity index (χ1n) is 34.0. The number of carbonyl (C=O) groups excluding carboxylic acids is 4. The molecule has 8 heterocycles. The quantitative estimate of drug-likeness (QED) is 0.0232. The first kappa shape index (κ1) is 75.6. The predicted octanol–water partition coefficient (Wildman–Crippen LogP) is 6.79. The second kappa shape index (κ2) is 31.4. The monoisotopic (exact) mass is 1540 g/mol. The number of nitro benzene ring substituents is 2. The normalized spacial score (nSPS) is 30.3. The van der Waals surface area contributed by atoms with E-state index in [0.717, 1.165) is 0 Å². The molecule has 0 bridgehead atoms. The fraction of sp³-hybridized carbons (Fsp3) is 0.444. The number of ether oxygens (including phenoxy) is 21. The van der Waals surface area contributed by atoms with Gasteiger partial charge in [0.15, 0.2) is 71.2 Å². The van der Waals surface area contributed by atoms with Gasteiger partial charge in [-0.15, -0.1) is 0 Å². The maximum absolute atomic E-state index is 13.7. The third-order valence-corrected chi connectivity index (χ3v) is 20.2. The van der Waals surface area contributed by atoms with Crippen LogP contribution in [0.15, 0.2) is 97.1 Å². The van der Waals surface area contributed by atoms with Gasteiger partial charge in [-0.3, -0.25) is 29.8 Å². The minimum absolute atomic E-state index is 0.00395. The molecule has 6 aromatic carbocycles. The highest BCUT2D eigenvalue weighted by atomic mass is 35.5. The average Bonchev–Trinajstić information content (AvgIpc) is 1.68. The van der Waals surface area contributed by atoms with Crippen LogP contribution < -0.4 is 52.1 Å². The maximum Gasteiger partial charge on any atom is 0.519 e. The molecule has 20 atom stereocenters. The van der Waals surface area contributed by atoms with E-state index in [1.54, 1.807) is 62.4 Å². The highest BCUT2D eigenvalue weighted by Gasteiger charge is 2.59. The summed E-state index contributed by atoms with van der Waals surface area (Å²) >= 11 is 4.92. The number of aliphatic hydroxyl groups excluding tert-OH is 4. The minimum atomic E-state index is -1.50. The number of hydrogen-bond donors (Lipinski definition) is 5. The first-order chi connectivity index (χ1) is 52.4. The van der Waals surface area contributed by atoms with E-state index in [9.17, 15) is 64.9 Å². The third kappa shape index (κ3) is 14.9. The van der Waals surface area contributed by atoms with Gasteiger partial charge in [0.05, 0.1) is 88.8 Å². The molecule has 0 spiro atoms. The molecular formula is C72H71ClN2O34. The lowest BCUT2D eigenvalue weighted by Gasteiger charge is -2.47. The summed E-state index contributed by atoms with van der Waals surface area (Å²) in [5, 5.41) is 75.9. The Morgan fingerprint density at radius 1 is 0.486 bits per heavy atom. The van der Waals surface area contributed by atoms with Gasteiger partial charge in [0.2, 0.25) is 25.1 Å². The Balaban J connectivity index is 0.000000159. The van der Waals surface area contributed by atoms with Crippen LogP contribution in [0.3, 0.4) is 0 Å². The molecule has 109 heavy (non-hydrogen) atoms. The Kier molecular flexibility index (Phi) is 21.8. The van der Waals surface area contributed by atoms with E-state index in [0.29, 0.717) is 56.4 Å². The van der Waals surface area contributed by atoms with Crippen molar-refractivity contribution in [3.63, 3.8) is 0 Å². The Morgan fingerprint density at radius 3 is 1.24 bits per heavy atom. The number of fused-ring (bicyclic) bond motifs is 8. The summed E-state index contributed by atoms with van der Waals surface area (Å²) in [6, 6.07) is 23.5. The van der Waals surface area contributed by atoms with Gasteiger partial charge < -0.3 is 125 Å². The zero-order chi connectivity index (χ0) is 77.0. The number of carbonyl (C=O) groups is 4. The summed E-state index contributed by atoms with van der Waals surface area (Å²) in [5.41, 5.74) is 2.48. The average molecular weight is 1540 g/mol. The number of nitrogens with zero attached hydrogens (tertiary/aromatic N) is 2. The molecule has 12 unspecified atom stereocenters. The molecule has 0 saturated carbocycles. The molecular weight excluding hydrogens is 1470 g/mol. The number of aromatic hydroxyl groups is 1. The summed E-state index contributed by atoms with van der Waals surface area (Å²) in [6.45, 7) is 3.63. The Hall–Kier alpha value is -10.2. The number of esters is 2. The zero-order valence-electron chi connectivity index (χ0n) is 58.4. The van der Waals surface area contributed by atoms with E-state index in [-0.39, 0.29) is 97.4 Å². The predicted molar refractivity (Wildman–Crippen MR) is 360 cm³/mol. The van der Waals surface area contributed by atoms with E-state index >= 15 is 0 Å². The minimum Gasteiger partial charge on any atom is -0.502 e. The third-order valence-electron chi connectivity index (χ3n) is 20.2. The van der Waals surface area contributed by atoms with E-state index in [4.69, 9.17) is 106 Å². The highest BCUT2D eigenvalue weighted by Crippen LogP contribution is 2.60. The van der Waals surface area contributed by atoms with Gasteiger partial charge in [-0.25, -0.2) is 9.59 Å². The van der Waals surface area contributed by atoms with E-state index in [2.05, 4.69) is 4.74 Å². The number of benzene rings is 6. The van der Waals surface area contributed by atoms with E-state index < -0.39 is 155 Å². The van der Waals surface area contributed by atoms with Gasteiger partial charge in [0.1, 0.15) is 60.3 Å². The molecule has 0 amide bonds. The SMILES string of the molecule is COc1cc([C@@H]2c3cc4c(cc3[C@@H](OC3OC5COC(C)OC5C(O)C3O)[C@H]3COC(=O)[C@H]23)OCO4)cc(OC)c1O.COc1cc([C@@H]2c3cc4c(cc3[C@@H](OC3OC5COC(C)OC5C(O)C3O)[C@H]3COC(=O)[C@H]23)OCO4)cc(OC)c1OC(=O)Oc1ccc([N+](=O)[O-])cc1.O=C(Cl)Oc1ccc([N+](=O)[O-])cc1. The molecule has 8 aliphatic heterocycles. The van der Waals surface area contributed by atoms with Crippen LogP contribution in [0.2, 0.25) is 0 Å². The van der Waals surface area contributed by atoms with E-state index in [1.807, 2.05) is 0 Å². The molecule has 6 fully saturated rings. The topological polar surface area (TPSA) is 450 Å². The number of nitro groups is 2. The summed E-state index contributed by atoms with van der Waals surface area (Å²) in [5.74, 6) is -2.71. The number of phenols is 1. The largest absolute Gasteiger partial charge is 0.519 e. The van der Waals surface area contributed by atoms with Crippen molar-refractivity contribution in [2.24, 2.45) is 23.7 Å². The lowest BCUT2D eigenvalue weighted by Crippen LogP contribution is -2.63. The summed E-state index contributed by atoms with van der Waals surface area (Å²) in [4.78, 5) is 70.3. The van der Waals surface area contributed by atoms with Crippen LogP contribution in [0, 0.1) is 43.9 Å². The van der Waals surface area contributed by atoms with Crippen molar-refractivity contribution in [3.8, 4) is 69.0 Å².